The Bertz CT molecular complexity index is 370. The van der Waals surface area contributed by atoms with Crippen LogP contribution in [0.2, 0.25) is 0 Å². The summed E-state index contributed by atoms with van der Waals surface area (Å²) in [7, 11) is 0. The number of rotatable bonds is 29. The van der Waals surface area contributed by atoms with Gasteiger partial charge in [0.25, 0.3) is 0 Å². The minimum Gasteiger partial charge on any atom is -0.392 e. The molecule has 0 saturated heterocycles. The molecule has 0 saturated carbocycles. The lowest BCUT2D eigenvalue weighted by atomic mass is 10.0. The van der Waals surface area contributed by atoms with E-state index in [1.807, 2.05) is 0 Å². The standard InChI is InChI=1S/C29H64N4O/c1-2-3-4-5-6-7-8-9-10-11-14-17-21-29(34)28-33(27-23-31)26-19-16-13-12-15-18-24-32-25-20-22-30/h29,32,34H,2-28,30-31H2,1H3. The number of aliphatic hydroxyl groups is 1. The molecule has 0 bridgehead atoms. The number of aliphatic hydroxyl groups excluding tert-OH is 1. The van der Waals surface area contributed by atoms with Gasteiger partial charge in [-0.1, -0.05) is 110 Å². The van der Waals surface area contributed by atoms with Crippen molar-refractivity contribution in [2.45, 2.75) is 141 Å². The second-order valence-corrected chi connectivity index (χ2v) is 10.4. The average molecular weight is 485 g/mol. The van der Waals surface area contributed by atoms with Crippen LogP contribution in [0.3, 0.4) is 0 Å². The molecule has 1 atom stereocenters. The molecule has 0 aromatic carbocycles. The summed E-state index contributed by atoms with van der Waals surface area (Å²) < 4.78 is 0. The summed E-state index contributed by atoms with van der Waals surface area (Å²) in [5.41, 5.74) is 11.3. The number of nitrogens with two attached hydrogens (primary N) is 2. The van der Waals surface area contributed by atoms with Crippen LogP contribution in [0.4, 0.5) is 0 Å². The summed E-state index contributed by atoms with van der Waals surface area (Å²) >= 11 is 0. The normalized spacial score (nSPS) is 12.6. The summed E-state index contributed by atoms with van der Waals surface area (Å²) in [5.74, 6) is 0. The summed E-state index contributed by atoms with van der Waals surface area (Å²) in [6, 6.07) is 0. The Balaban J connectivity index is 3.54. The van der Waals surface area contributed by atoms with Gasteiger partial charge in [0.15, 0.2) is 0 Å². The zero-order valence-electron chi connectivity index (χ0n) is 23.2. The van der Waals surface area contributed by atoms with Gasteiger partial charge in [0, 0.05) is 19.6 Å². The number of nitrogens with zero attached hydrogens (tertiary/aromatic N) is 1. The van der Waals surface area contributed by atoms with Gasteiger partial charge < -0.3 is 21.9 Å². The van der Waals surface area contributed by atoms with Crippen molar-refractivity contribution in [2.75, 3.05) is 45.8 Å². The molecule has 0 heterocycles. The van der Waals surface area contributed by atoms with Gasteiger partial charge in [-0.25, -0.2) is 0 Å². The maximum atomic E-state index is 10.5. The van der Waals surface area contributed by atoms with Crippen LogP contribution in [-0.4, -0.2) is 61.9 Å². The quantitative estimate of drug-likeness (QED) is 0.0981. The van der Waals surface area contributed by atoms with E-state index in [1.165, 1.54) is 109 Å². The fourth-order valence-electron chi connectivity index (χ4n) is 4.73. The van der Waals surface area contributed by atoms with Gasteiger partial charge >= 0.3 is 0 Å². The Morgan fingerprint density at radius 1 is 0.588 bits per heavy atom. The zero-order valence-corrected chi connectivity index (χ0v) is 23.2. The van der Waals surface area contributed by atoms with E-state index in [-0.39, 0.29) is 6.10 Å². The first kappa shape index (κ1) is 33.8. The lowest BCUT2D eigenvalue weighted by molar-refractivity contribution is 0.103. The molecule has 34 heavy (non-hydrogen) atoms. The van der Waals surface area contributed by atoms with Crippen LogP contribution in [0, 0.1) is 0 Å². The second-order valence-electron chi connectivity index (χ2n) is 10.4. The molecule has 0 aromatic heterocycles. The maximum Gasteiger partial charge on any atom is 0.0667 e. The molecule has 5 heteroatoms. The van der Waals surface area contributed by atoms with Crippen LogP contribution in [0.15, 0.2) is 0 Å². The van der Waals surface area contributed by atoms with E-state index in [1.54, 1.807) is 0 Å². The molecule has 0 aliphatic carbocycles. The molecule has 0 aliphatic rings. The third-order valence-electron chi connectivity index (χ3n) is 6.94. The monoisotopic (exact) mass is 485 g/mol. The molecule has 0 rings (SSSR count). The highest BCUT2D eigenvalue weighted by Gasteiger charge is 2.11. The van der Waals surface area contributed by atoms with Gasteiger partial charge in [0.1, 0.15) is 0 Å². The second kappa shape index (κ2) is 29.0. The third kappa shape index (κ3) is 26.4. The number of unbranched alkanes of at least 4 members (excludes halogenated alkanes) is 16. The molecule has 0 amide bonds. The summed E-state index contributed by atoms with van der Waals surface area (Å²) in [6.07, 6.45) is 26.0. The van der Waals surface area contributed by atoms with Gasteiger partial charge in [-0.05, 0) is 51.9 Å². The first-order valence-electron chi connectivity index (χ1n) is 15.3. The van der Waals surface area contributed by atoms with E-state index in [2.05, 4.69) is 17.1 Å². The van der Waals surface area contributed by atoms with E-state index >= 15 is 0 Å². The lowest BCUT2D eigenvalue weighted by Crippen LogP contribution is -2.36. The first-order valence-corrected chi connectivity index (χ1v) is 15.3. The molecule has 5 nitrogen and oxygen atoms in total. The van der Waals surface area contributed by atoms with Gasteiger partial charge in [0.05, 0.1) is 6.10 Å². The van der Waals surface area contributed by atoms with E-state index in [9.17, 15) is 5.11 Å². The molecular weight excluding hydrogens is 420 g/mol. The van der Waals surface area contributed by atoms with Gasteiger partial charge in [-0.15, -0.1) is 0 Å². The van der Waals surface area contributed by atoms with Crippen LogP contribution in [0.25, 0.3) is 0 Å². The highest BCUT2D eigenvalue weighted by atomic mass is 16.3. The predicted molar refractivity (Wildman–Crippen MR) is 151 cm³/mol. The van der Waals surface area contributed by atoms with Crippen molar-refractivity contribution in [1.82, 2.24) is 10.2 Å². The fourth-order valence-corrected chi connectivity index (χ4v) is 4.73. The van der Waals surface area contributed by atoms with Crippen molar-refractivity contribution in [3.05, 3.63) is 0 Å². The number of hydrogen-bond donors (Lipinski definition) is 4. The van der Waals surface area contributed by atoms with Gasteiger partial charge in [-0.3, -0.25) is 4.90 Å². The van der Waals surface area contributed by atoms with E-state index in [0.29, 0.717) is 6.54 Å². The maximum absolute atomic E-state index is 10.5. The summed E-state index contributed by atoms with van der Waals surface area (Å²) in [4.78, 5) is 2.38. The smallest absolute Gasteiger partial charge is 0.0667 e. The zero-order chi connectivity index (χ0) is 25.0. The Kier molecular flexibility index (Phi) is 28.9. The summed E-state index contributed by atoms with van der Waals surface area (Å²) in [6.45, 7) is 8.71. The molecular formula is C29H64N4O. The van der Waals surface area contributed by atoms with Crippen LogP contribution < -0.4 is 16.8 Å². The van der Waals surface area contributed by atoms with Crippen LogP contribution >= 0.6 is 0 Å². The van der Waals surface area contributed by atoms with Crippen molar-refractivity contribution >= 4 is 0 Å². The van der Waals surface area contributed by atoms with Crippen molar-refractivity contribution in [3.63, 3.8) is 0 Å². The number of hydrogen-bond acceptors (Lipinski definition) is 5. The van der Waals surface area contributed by atoms with E-state index in [0.717, 1.165) is 58.5 Å². The molecule has 0 fully saturated rings. The molecule has 6 N–H and O–H groups in total. The third-order valence-corrected chi connectivity index (χ3v) is 6.94. The Labute approximate surface area is 214 Å². The molecule has 0 aliphatic heterocycles. The highest BCUT2D eigenvalue weighted by molar-refractivity contribution is 4.66. The number of nitrogens with one attached hydrogen (secondary N) is 1. The van der Waals surface area contributed by atoms with E-state index in [4.69, 9.17) is 11.5 Å². The minimum atomic E-state index is -0.193. The van der Waals surface area contributed by atoms with Gasteiger partial charge in [-0.2, -0.15) is 0 Å². The molecule has 206 valence electrons. The van der Waals surface area contributed by atoms with Crippen molar-refractivity contribution in [2.24, 2.45) is 11.5 Å². The molecule has 0 spiro atoms. The predicted octanol–water partition coefficient (Wildman–Crippen LogP) is 5.98. The van der Waals surface area contributed by atoms with Crippen molar-refractivity contribution in [3.8, 4) is 0 Å². The Hall–Kier alpha value is -0.200. The minimum absolute atomic E-state index is 0.193. The Morgan fingerprint density at radius 3 is 1.65 bits per heavy atom. The Morgan fingerprint density at radius 2 is 1.09 bits per heavy atom. The molecule has 1 unspecified atom stereocenters. The lowest BCUT2D eigenvalue weighted by Gasteiger charge is -2.24. The van der Waals surface area contributed by atoms with Crippen molar-refractivity contribution in [1.29, 1.82) is 0 Å². The highest BCUT2D eigenvalue weighted by Crippen LogP contribution is 2.13. The first-order chi connectivity index (χ1) is 16.7. The van der Waals surface area contributed by atoms with Crippen LogP contribution in [0.1, 0.15) is 135 Å². The SMILES string of the molecule is CCCCCCCCCCCCCCC(O)CN(CCN)CCCCCCCCNCCCN. The molecule has 0 radical (unpaired) electrons. The van der Waals surface area contributed by atoms with Crippen LogP contribution in [-0.2, 0) is 0 Å². The average Bonchev–Trinajstić information content (AvgIpc) is 2.83. The summed E-state index contributed by atoms with van der Waals surface area (Å²) in [5, 5.41) is 13.9. The largest absolute Gasteiger partial charge is 0.392 e. The van der Waals surface area contributed by atoms with Crippen LogP contribution in [0.5, 0.6) is 0 Å². The van der Waals surface area contributed by atoms with E-state index < -0.39 is 0 Å². The molecule has 0 aromatic rings. The topological polar surface area (TPSA) is 87.5 Å². The van der Waals surface area contributed by atoms with Gasteiger partial charge in [0.2, 0.25) is 0 Å². The van der Waals surface area contributed by atoms with Crippen molar-refractivity contribution < 1.29 is 5.11 Å². The fraction of sp³-hybridized carbons (Fsp3) is 1.00.